The summed E-state index contributed by atoms with van der Waals surface area (Å²) >= 11 is 0. The molecule has 2 aromatic carbocycles. The second kappa shape index (κ2) is 7.98. The van der Waals surface area contributed by atoms with Gasteiger partial charge in [-0.1, -0.05) is 17.7 Å². The van der Waals surface area contributed by atoms with E-state index in [1.165, 1.54) is 12.1 Å². The Hall–Kier alpha value is -2.60. The number of carbonyl (C=O) groups excluding carboxylic acids is 1. The van der Waals surface area contributed by atoms with Crippen LogP contribution in [-0.4, -0.2) is 38.8 Å². The Morgan fingerprint density at radius 1 is 1.20 bits per heavy atom. The van der Waals surface area contributed by atoms with Gasteiger partial charge < -0.3 is 19.7 Å². The first-order valence-electron chi connectivity index (χ1n) is 8.23. The van der Waals surface area contributed by atoms with Crippen molar-refractivity contribution in [3.8, 4) is 5.75 Å². The van der Waals surface area contributed by atoms with E-state index in [-0.39, 0.29) is 12.5 Å². The van der Waals surface area contributed by atoms with E-state index in [2.05, 4.69) is 10.2 Å². The van der Waals surface area contributed by atoms with Gasteiger partial charge in [0.05, 0.1) is 24.6 Å². The molecule has 0 atom stereocenters. The van der Waals surface area contributed by atoms with Crippen molar-refractivity contribution in [1.29, 1.82) is 0 Å². The number of nitrogens with zero attached hydrogens (tertiary/aromatic N) is 1. The smallest absolute Gasteiger partial charge is 0.262 e. The van der Waals surface area contributed by atoms with Crippen LogP contribution < -0.4 is 15.0 Å². The number of hydrogen-bond acceptors (Lipinski definition) is 4. The predicted molar refractivity (Wildman–Crippen MR) is 94.7 cm³/mol. The molecule has 1 aliphatic rings. The molecule has 0 bridgehead atoms. The van der Waals surface area contributed by atoms with Gasteiger partial charge in [-0.25, -0.2) is 4.39 Å². The Kier molecular flexibility index (Phi) is 5.50. The van der Waals surface area contributed by atoms with Crippen LogP contribution in [0.2, 0.25) is 0 Å². The highest BCUT2D eigenvalue weighted by Gasteiger charge is 2.17. The van der Waals surface area contributed by atoms with Crippen molar-refractivity contribution in [2.24, 2.45) is 0 Å². The van der Waals surface area contributed by atoms with Crippen LogP contribution in [0.5, 0.6) is 5.75 Å². The highest BCUT2D eigenvalue weighted by Crippen LogP contribution is 2.27. The lowest BCUT2D eigenvalue weighted by Crippen LogP contribution is -2.37. The Morgan fingerprint density at radius 2 is 1.92 bits per heavy atom. The number of aryl methyl sites for hydroxylation is 1. The van der Waals surface area contributed by atoms with E-state index in [1.807, 2.05) is 31.2 Å². The van der Waals surface area contributed by atoms with Crippen molar-refractivity contribution in [2.45, 2.75) is 6.92 Å². The molecule has 25 heavy (non-hydrogen) atoms. The highest BCUT2D eigenvalue weighted by molar-refractivity contribution is 5.95. The molecule has 0 radical (unpaired) electrons. The maximum absolute atomic E-state index is 13.6. The van der Waals surface area contributed by atoms with Gasteiger partial charge in [0, 0.05) is 13.1 Å². The maximum atomic E-state index is 13.6. The van der Waals surface area contributed by atoms with Crippen molar-refractivity contribution < 1.29 is 18.7 Å². The van der Waals surface area contributed by atoms with Crippen molar-refractivity contribution in [2.75, 3.05) is 43.1 Å². The second-order valence-corrected chi connectivity index (χ2v) is 5.91. The van der Waals surface area contributed by atoms with Crippen LogP contribution in [0.1, 0.15) is 5.56 Å². The number of rotatable bonds is 5. The Morgan fingerprint density at radius 3 is 2.64 bits per heavy atom. The minimum Gasteiger partial charge on any atom is -0.484 e. The fraction of sp³-hybridized carbons (Fsp3) is 0.316. The van der Waals surface area contributed by atoms with Crippen molar-refractivity contribution in [3.05, 3.63) is 53.8 Å². The molecule has 1 heterocycles. The van der Waals surface area contributed by atoms with E-state index >= 15 is 0 Å². The summed E-state index contributed by atoms with van der Waals surface area (Å²) in [6.45, 7) is 4.47. The van der Waals surface area contributed by atoms with Crippen LogP contribution in [0.25, 0.3) is 0 Å². The Balaban J connectivity index is 1.65. The molecule has 1 saturated heterocycles. The number of morpholine rings is 1. The standard InChI is InChI=1S/C19H21FN2O3/c1-14-2-5-16(6-3-14)25-13-19(23)21-17-12-15(20)4-7-18(17)22-8-10-24-11-9-22/h2-7,12H,8-11,13H2,1H3,(H,21,23). The Bertz CT molecular complexity index is 728. The zero-order valence-corrected chi connectivity index (χ0v) is 14.1. The van der Waals surface area contributed by atoms with Crippen LogP contribution in [0, 0.1) is 12.7 Å². The fourth-order valence-electron chi connectivity index (χ4n) is 2.66. The lowest BCUT2D eigenvalue weighted by molar-refractivity contribution is -0.118. The zero-order valence-electron chi connectivity index (χ0n) is 14.1. The van der Waals surface area contributed by atoms with E-state index in [1.54, 1.807) is 6.07 Å². The fourth-order valence-corrected chi connectivity index (χ4v) is 2.66. The quantitative estimate of drug-likeness (QED) is 0.906. The SMILES string of the molecule is Cc1ccc(OCC(=O)Nc2cc(F)ccc2N2CCOCC2)cc1. The predicted octanol–water partition coefficient (Wildman–Crippen LogP) is 2.99. The Labute approximate surface area is 146 Å². The van der Waals surface area contributed by atoms with Gasteiger partial charge >= 0.3 is 0 Å². The summed E-state index contributed by atoms with van der Waals surface area (Å²) in [6, 6.07) is 11.8. The van der Waals surface area contributed by atoms with Crippen LogP contribution in [0.15, 0.2) is 42.5 Å². The van der Waals surface area contributed by atoms with Gasteiger partial charge in [-0.3, -0.25) is 4.79 Å². The second-order valence-electron chi connectivity index (χ2n) is 5.91. The minimum absolute atomic E-state index is 0.137. The van der Waals surface area contributed by atoms with Crippen LogP contribution in [-0.2, 0) is 9.53 Å². The molecular formula is C19H21FN2O3. The summed E-state index contributed by atoms with van der Waals surface area (Å²) in [7, 11) is 0. The highest BCUT2D eigenvalue weighted by atomic mass is 19.1. The average molecular weight is 344 g/mol. The molecule has 132 valence electrons. The molecule has 0 aliphatic carbocycles. The topological polar surface area (TPSA) is 50.8 Å². The first kappa shape index (κ1) is 17.2. The van der Waals surface area contributed by atoms with Crippen LogP contribution in [0.3, 0.4) is 0 Å². The number of nitrogens with one attached hydrogen (secondary N) is 1. The van der Waals surface area contributed by atoms with Gasteiger partial charge in [0.1, 0.15) is 11.6 Å². The van der Waals surface area contributed by atoms with Crippen molar-refractivity contribution in [3.63, 3.8) is 0 Å². The number of anilines is 2. The molecule has 0 aromatic heterocycles. The largest absolute Gasteiger partial charge is 0.484 e. The first-order chi connectivity index (χ1) is 12.1. The third kappa shape index (κ3) is 4.70. The minimum atomic E-state index is -0.397. The average Bonchev–Trinajstić information content (AvgIpc) is 2.62. The molecule has 0 unspecified atom stereocenters. The van der Waals surface area contributed by atoms with Gasteiger partial charge in [0.2, 0.25) is 0 Å². The maximum Gasteiger partial charge on any atom is 0.262 e. The molecule has 3 rings (SSSR count). The number of benzene rings is 2. The van der Waals surface area contributed by atoms with Crippen molar-refractivity contribution >= 4 is 17.3 Å². The van der Waals surface area contributed by atoms with Gasteiger partial charge in [0.25, 0.3) is 5.91 Å². The summed E-state index contributed by atoms with van der Waals surface area (Å²) in [5, 5.41) is 2.74. The van der Waals surface area contributed by atoms with E-state index in [4.69, 9.17) is 9.47 Å². The summed E-state index contributed by atoms with van der Waals surface area (Å²) in [5.41, 5.74) is 2.35. The molecule has 6 heteroatoms. The van der Waals surface area contributed by atoms with Crippen LogP contribution >= 0.6 is 0 Å². The monoisotopic (exact) mass is 344 g/mol. The molecule has 5 nitrogen and oxygen atoms in total. The van der Waals surface area contributed by atoms with Crippen molar-refractivity contribution in [1.82, 2.24) is 0 Å². The number of hydrogen-bond donors (Lipinski definition) is 1. The number of halogens is 1. The van der Waals surface area contributed by atoms with Gasteiger partial charge in [-0.05, 0) is 37.3 Å². The van der Waals surface area contributed by atoms with Crippen LogP contribution in [0.4, 0.5) is 15.8 Å². The molecule has 1 amide bonds. The van der Waals surface area contributed by atoms with E-state index in [9.17, 15) is 9.18 Å². The lowest BCUT2D eigenvalue weighted by Gasteiger charge is -2.30. The van der Waals surface area contributed by atoms with Gasteiger partial charge in [-0.15, -0.1) is 0 Å². The van der Waals surface area contributed by atoms with Gasteiger partial charge in [-0.2, -0.15) is 0 Å². The molecule has 1 N–H and O–H groups in total. The third-order valence-corrected chi connectivity index (χ3v) is 3.98. The first-order valence-corrected chi connectivity index (χ1v) is 8.23. The molecular weight excluding hydrogens is 323 g/mol. The van der Waals surface area contributed by atoms with E-state index in [0.29, 0.717) is 37.7 Å². The molecule has 1 aliphatic heterocycles. The van der Waals surface area contributed by atoms with E-state index < -0.39 is 5.82 Å². The summed E-state index contributed by atoms with van der Waals surface area (Å²) in [5.74, 6) is -0.110. The zero-order chi connectivity index (χ0) is 17.6. The molecule has 2 aromatic rings. The third-order valence-electron chi connectivity index (χ3n) is 3.98. The molecule has 1 fully saturated rings. The van der Waals surface area contributed by atoms with Gasteiger partial charge in [0.15, 0.2) is 6.61 Å². The summed E-state index contributed by atoms with van der Waals surface area (Å²) in [6.07, 6.45) is 0. The normalized spacial score (nSPS) is 14.2. The summed E-state index contributed by atoms with van der Waals surface area (Å²) < 4.78 is 24.4. The van der Waals surface area contributed by atoms with E-state index in [0.717, 1.165) is 11.3 Å². The number of amides is 1. The lowest BCUT2D eigenvalue weighted by atomic mass is 10.2. The summed E-state index contributed by atoms with van der Waals surface area (Å²) in [4.78, 5) is 14.3. The molecule has 0 saturated carbocycles. The number of carbonyl (C=O) groups is 1. The molecule has 0 spiro atoms. The number of ether oxygens (including phenoxy) is 2.